The van der Waals surface area contributed by atoms with E-state index in [2.05, 4.69) is 62.8 Å². The summed E-state index contributed by atoms with van der Waals surface area (Å²) >= 11 is 0. The van der Waals surface area contributed by atoms with Crippen molar-refractivity contribution in [3.05, 3.63) is 30.1 Å². The van der Waals surface area contributed by atoms with Gasteiger partial charge in [-0.2, -0.15) is 0 Å². The topological polar surface area (TPSA) is 29.9 Å². The van der Waals surface area contributed by atoms with Crippen LogP contribution in [0.25, 0.3) is 11.0 Å². The van der Waals surface area contributed by atoms with Gasteiger partial charge >= 0.3 is 0 Å². The van der Waals surface area contributed by atoms with Gasteiger partial charge in [-0.15, -0.1) is 0 Å². The standard InChI is InChI=1S/C15H23N3/c1-11(16-10-15(2,3)4)14-17-12-8-6-7-9-13(12)18(14)5/h6-9,11,16H,10H2,1-5H3. The SMILES string of the molecule is CC(NCC(C)(C)C)c1nc2ccccc2n1C. The smallest absolute Gasteiger partial charge is 0.126 e. The second-order valence-electron chi connectivity index (χ2n) is 6.18. The van der Waals surface area contributed by atoms with Crippen LogP contribution < -0.4 is 5.32 Å². The molecule has 0 radical (unpaired) electrons. The molecular formula is C15H23N3. The number of rotatable bonds is 3. The summed E-state index contributed by atoms with van der Waals surface area (Å²) in [4.78, 5) is 4.71. The van der Waals surface area contributed by atoms with Gasteiger partial charge in [0.05, 0.1) is 17.1 Å². The first kappa shape index (κ1) is 13.1. The van der Waals surface area contributed by atoms with Crippen LogP contribution in [0.1, 0.15) is 39.6 Å². The van der Waals surface area contributed by atoms with Gasteiger partial charge in [-0.1, -0.05) is 32.9 Å². The van der Waals surface area contributed by atoms with Gasteiger partial charge in [0.15, 0.2) is 0 Å². The number of para-hydroxylation sites is 2. The van der Waals surface area contributed by atoms with Crippen molar-refractivity contribution in [3.8, 4) is 0 Å². The molecule has 0 saturated carbocycles. The Morgan fingerprint density at radius 1 is 1.28 bits per heavy atom. The van der Waals surface area contributed by atoms with E-state index < -0.39 is 0 Å². The van der Waals surface area contributed by atoms with E-state index in [0.29, 0.717) is 5.41 Å². The van der Waals surface area contributed by atoms with Crippen molar-refractivity contribution in [2.75, 3.05) is 6.54 Å². The molecule has 0 fully saturated rings. The molecule has 3 nitrogen and oxygen atoms in total. The van der Waals surface area contributed by atoms with Crippen molar-refractivity contribution in [2.45, 2.75) is 33.7 Å². The fraction of sp³-hybridized carbons (Fsp3) is 0.533. The molecule has 1 aromatic heterocycles. The second kappa shape index (κ2) is 4.73. The van der Waals surface area contributed by atoms with Gasteiger partial charge in [0.1, 0.15) is 5.82 Å². The van der Waals surface area contributed by atoms with E-state index in [1.807, 2.05) is 6.07 Å². The molecule has 0 aliphatic rings. The maximum atomic E-state index is 4.71. The maximum Gasteiger partial charge on any atom is 0.126 e. The van der Waals surface area contributed by atoms with Gasteiger partial charge in [-0.3, -0.25) is 0 Å². The molecule has 0 aliphatic carbocycles. The van der Waals surface area contributed by atoms with E-state index in [-0.39, 0.29) is 6.04 Å². The highest BCUT2D eigenvalue weighted by atomic mass is 15.1. The van der Waals surface area contributed by atoms with Crippen molar-refractivity contribution >= 4 is 11.0 Å². The number of hydrogen-bond donors (Lipinski definition) is 1. The summed E-state index contributed by atoms with van der Waals surface area (Å²) in [6, 6.07) is 8.53. The number of nitrogens with zero attached hydrogens (tertiary/aromatic N) is 2. The summed E-state index contributed by atoms with van der Waals surface area (Å²) in [5.74, 6) is 1.10. The molecular weight excluding hydrogens is 222 g/mol. The molecule has 1 unspecified atom stereocenters. The Labute approximate surface area is 109 Å². The molecule has 0 spiro atoms. The predicted octanol–water partition coefficient (Wildman–Crippen LogP) is 3.27. The van der Waals surface area contributed by atoms with Gasteiger partial charge in [-0.25, -0.2) is 4.98 Å². The third-order valence-corrected chi connectivity index (χ3v) is 3.15. The van der Waals surface area contributed by atoms with Crippen LogP contribution in [0.3, 0.4) is 0 Å². The fourth-order valence-electron chi connectivity index (χ4n) is 2.10. The minimum atomic E-state index is 0.265. The number of imidazole rings is 1. The van der Waals surface area contributed by atoms with E-state index in [1.54, 1.807) is 0 Å². The number of fused-ring (bicyclic) bond motifs is 1. The zero-order valence-corrected chi connectivity index (χ0v) is 12.0. The Hall–Kier alpha value is -1.35. The van der Waals surface area contributed by atoms with Crippen LogP contribution in [0.2, 0.25) is 0 Å². The van der Waals surface area contributed by atoms with Crippen LogP contribution in [0, 0.1) is 5.41 Å². The number of aromatic nitrogens is 2. The zero-order valence-electron chi connectivity index (χ0n) is 12.0. The lowest BCUT2D eigenvalue weighted by Crippen LogP contribution is -2.30. The minimum Gasteiger partial charge on any atom is -0.330 e. The lowest BCUT2D eigenvalue weighted by molar-refractivity contribution is 0.353. The summed E-state index contributed by atoms with van der Waals surface area (Å²) in [5, 5.41) is 3.56. The molecule has 0 saturated heterocycles. The summed E-state index contributed by atoms with van der Waals surface area (Å²) in [6.07, 6.45) is 0. The number of hydrogen-bond acceptors (Lipinski definition) is 2. The average Bonchev–Trinajstić information content (AvgIpc) is 2.64. The summed E-state index contributed by atoms with van der Waals surface area (Å²) in [6.45, 7) is 9.87. The first-order valence-electron chi connectivity index (χ1n) is 6.53. The molecule has 0 aliphatic heterocycles. The molecule has 1 N–H and O–H groups in total. The van der Waals surface area contributed by atoms with Crippen molar-refractivity contribution in [2.24, 2.45) is 12.5 Å². The quantitative estimate of drug-likeness (QED) is 0.899. The molecule has 2 aromatic rings. The fourth-order valence-corrected chi connectivity index (χ4v) is 2.10. The number of aryl methyl sites for hydroxylation is 1. The van der Waals surface area contributed by atoms with Gasteiger partial charge < -0.3 is 9.88 Å². The van der Waals surface area contributed by atoms with E-state index in [9.17, 15) is 0 Å². The maximum absolute atomic E-state index is 4.71. The molecule has 98 valence electrons. The Bertz CT molecular complexity index is 534. The van der Waals surface area contributed by atoms with E-state index in [1.165, 1.54) is 5.52 Å². The van der Waals surface area contributed by atoms with Crippen molar-refractivity contribution in [3.63, 3.8) is 0 Å². The zero-order chi connectivity index (χ0) is 13.3. The van der Waals surface area contributed by atoms with Crippen LogP contribution in [-0.4, -0.2) is 16.1 Å². The molecule has 3 heteroatoms. The Morgan fingerprint density at radius 2 is 1.94 bits per heavy atom. The Balaban J connectivity index is 2.23. The van der Waals surface area contributed by atoms with Crippen molar-refractivity contribution < 1.29 is 0 Å². The van der Waals surface area contributed by atoms with Gasteiger partial charge in [-0.05, 0) is 24.5 Å². The molecule has 0 amide bonds. The normalized spacial score (nSPS) is 14.1. The van der Waals surface area contributed by atoms with Gasteiger partial charge in [0.2, 0.25) is 0 Å². The van der Waals surface area contributed by atoms with Crippen LogP contribution in [-0.2, 0) is 7.05 Å². The van der Waals surface area contributed by atoms with Gasteiger partial charge in [0, 0.05) is 13.6 Å². The summed E-state index contributed by atoms with van der Waals surface area (Å²) in [7, 11) is 2.08. The van der Waals surface area contributed by atoms with Crippen LogP contribution in [0.15, 0.2) is 24.3 Å². The molecule has 1 atom stereocenters. The summed E-state index contributed by atoms with van der Waals surface area (Å²) < 4.78 is 2.18. The third kappa shape index (κ3) is 2.72. The predicted molar refractivity (Wildman–Crippen MR) is 76.6 cm³/mol. The van der Waals surface area contributed by atoms with Crippen LogP contribution >= 0.6 is 0 Å². The first-order chi connectivity index (χ1) is 8.38. The molecule has 0 bridgehead atoms. The van der Waals surface area contributed by atoms with E-state index in [4.69, 9.17) is 4.98 Å². The lowest BCUT2D eigenvalue weighted by atomic mass is 9.96. The van der Waals surface area contributed by atoms with Crippen molar-refractivity contribution in [1.29, 1.82) is 0 Å². The van der Waals surface area contributed by atoms with Crippen LogP contribution in [0.4, 0.5) is 0 Å². The number of nitrogens with one attached hydrogen (secondary N) is 1. The van der Waals surface area contributed by atoms with Crippen molar-refractivity contribution in [1.82, 2.24) is 14.9 Å². The molecule has 2 rings (SSSR count). The second-order valence-corrected chi connectivity index (χ2v) is 6.18. The largest absolute Gasteiger partial charge is 0.330 e. The van der Waals surface area contributed by atoms with E-state index in [0.717, 1.165) is 17.9 Å². The van der Waals surface area contributed by atoms with Crippen LogP contribution in [0.5, 0.6) is 0 Å². The monoisotopic (exact) mass is 245 g/mol. The first-order valence-corrected chi connectivity index (χ1v) is 6.53. The van der Waals surface area contributed by atoms with E-state index >= 15 is 0 Å². The molecule has 18 heavy (non-hydrogen) atoms. The molecule has 1 heterocycles. The lowest BCUT2D eigenvalue weighted by Gasteiger charge is -2.22. The minimum absolute atomic E-state index is 0.265. The Morgan fingerprint density at radius 3 is 2.56 bits per heavy atom. The Kier molecular flexibility index (Phi) is 3.44. The highest BCUT2D eigenvalue weighted by Crippen LogP contribution is 2.20. The number of benzene rings is 1. The highest BCUT2D eigenvalue weighted by Gasteiger charge is 2.16. The highest BCUT2D eigenvalue weighted by molar-refractivity contribution is 5.75. The third-order valence-electron chi connectivity index (χ3n) is 3.15. The molecule has 1 aromatic carbocycles. The summed E-state index contributed by atoms with van der Waals surface area (Å²) in [5.41, 5.74) is 2.55. The average molecular weight is 245 g/mol. The van der Waals surface area contributed by atoms with Gasteiger partial charge in [0.25, 0.3) is 0 Å².